The van der Waals surface area contributed by atoms with Gasteiger partial charge in [0.15, 0.2) is 5.76 Å². The number of aromatic nitrogens is 1. The predicted molar refractivity (Wildman–Crippen MR) is 75.3 cm³/mol. The van der Waals surface area contributed by atoms with Crippen LogP contribution in [0.3, 0.4) is 0 Å². The van der Waals surface area contributed by atoms with E-state index in [1.807, 2.05) is 29.6 Å². The first-order valence-corrected chi connectivity index (χ1v) is 6.86. The summed E-state index contributed by atoms with van der Waals surface area (Å²) >= 11 is 1.59. The summed E-state index contributed by atoms with van der Waals surface area (Å²) in [6, 6.07) is 15.0. The largest absolute Gasteiger partial charge is 0.486 e. The maximum Gasteiger partial charge on any atom is 0.177 e. The minimum Gasteiger partial charge on any atom is -0.486 e. The Morgan fingerprint density at radius 2 is 2.15 bits per heavy atom. The molecule has 0 radical (unpaired) electrons. The van der Waals surface area contributed by atoms with Crippen molar-refractivity contribution in [2.75, 3.05) is 0 Å². The molecule has 0 bridgehead atoms. The zero-order chi connectivity index (χ0) is 13.8. The molecule has 98 valence electrons. The minimum absolute atomic E-state index is 0.271. The molecule has 0 aliphatic carbocycles. The standard InChI is InChI=1S/C15H10N2O2S/c16-9-11-4-1-2-5-13(11)18-10-12-8-14(19-17-12)15-6-3-7-20-15/h1-8H,10H2. The smallest absolute Gasteiger partial charge is 0.177 e. The molecule has 0 aliphatic rings. The van der Waals surface area contributed by atoms with E-state index in [0.29, 0.717) is 17.0 Å². The van der Waals surface area contributed by atoms with E-state index in [1.54, 1.807) is 29.5 Å². The monoisotopic (exact) mass is 282 g/mol. The maximum absolute atomic E-state index is 8.98. The summed E-state index contributed by atoms with van der Waals surface area (Å²) in [7, 11) is 0. The van der Waals surface area contributed by atoms with E-state index in [4.69, 9.17) is 14.5 Å². The van der Waals surface area contributed by atoms with Gasteiger partial charge >= 0.3 is 0 Å². The highest BCUT2D eigenvalue weighted by molar-refractivity contribution is 7.13. The Hall–Kier alpha value is -2.58. The molecule has 2 aromatic heterocycles. The molecule has 0 saturated heterocycles. The third kappa shape index (κ3) is 2.56. The first-order chi connectivity index (χ1) is 9.86. The van der Waals surface area contributed by atoms with Gasteiger partial charge in [-0.15, -0.1) is 11.3 Å². The topological polar surface area (TPSA) is 59.0 Å². The Labute approximate surface area is 119 Å². The average molecular weight is 282 g/mol. The fourth-order valence-corrected chi connectivity index (χ4v) is 2.42. The van der Waals surface area contributed by atoms with Gasteiger partial charge in [-0.1, -0.05) is 23.4 Å². The molecule has 20 heavy (non-hydrogen) atoms. The lowest BCUT2D eigenvalue weighted by Crippen LogP contribution is -1.97. The van der Waals surface area contributed by atoms with E-state index in [-0.39, 0.29) is 6.61 Å². The molecule has 5 heteroatoms. The van der Waals surface area contributed by atoms with Crippen LogP contribution < -0.4 is 4.74 Å². The van der Waals surface area contributed by atoms with Crippen molar-refractivity contribution < 1.29 is 9.26 Å². The Balaban J connectivity index is 1.72. The summed E-state index contributed by atoms with van der Waals surface area (Å²) in [4.78, 5) is 1.03. The molecular formula is C15H10N2O2S. The van der Waals surface area contributed by atoms with Crippen molar-refractivity contribution in [2.24, 2.45) is 0 Å². The highest BCUT2D eigenvalue weighted by Gasteiger charge is 2.09. The zero-order valence-electron chi connectivity index (χ0n) is 10.4. The molecule has 0 aliphatic heterocycles. The van der Waals surface area contributed by atoms with Crippen molar-refractivity contribution in [3.63, 3.8) is 0 Å². The summed E-state index contributed by atoms with van der Waals surface area (Å²) in [5.74, 6) is 1.28. The van der Waals surface area contributed by atoms with Crippen LogP contribution in [-0.2, 0) is 6.61 Å². The second-order valence-electron chi connectivity index (χ2n) is 4.06. The molecule has 1 aromatic carbocycles. The molecule has 0 amide bonds. The van der Waals surface area contributed by atoms with Crippen LogP contribution in [0.25, 0.3) is 10.6 Å². The summed E-state index contributed by atoms with van der Waals surface area (Å²) < 4.78 is 10.9. The lowest BCUT2D eigenvalue weighted by atomic mass is 10.2. The number of ether oxygens (including phenoxy) is 1. The number of nitrogens with zero attached hydrogens (tertiary/aromatic N) is 2. The third-order valence-electron chi connectivity index (χ3n) is 2.71. The van der Waals surface area contributed by atoms with Gasteiger partial charge < -0.3 is 9.26 Å². The number of para-hydroxylation sites is 1. The van der Waals surface area contributed by atoms with Crippen LogP contribution in [0.4, 0.5) is 0 Å². The fraction of sp³-hybridized carbons (Fsp3) is 0.0667. The van der Waals surface area contributed by atoms with Crippen molar-refractivity contribution in [1.82, 2.24) is 5.16 Å². The zero-order valence-corrected chi connectivity index (χ0v) is 11.3. The van der Waals surface area contributed by atoms with Crippen molar-refractivity contribution in [2.45, 2.75) is 6.61 Å². The van der Waals surface area contributed by atoms with Crippen molar-refractivity contribution in [3.05, 3.63) is 59.1 Å². The van der Waals surface area contributed by atoms with Crippen LogP contribution in [0.15, 0.2) is 52.4 Å². The van der Waals surface area contributed by atoms with Crippen molar-refractivity contribution in [3.8, 4) is 22.5 Å². The molecule has 2 heterocycles. The first kappa shape index (κ1) is 12.5. The average Bonchev–Trinajstić information content (AvgIpc) is 3.16. The quantitative estimate of drug-likeness (QED) is 0.729. The molecule has 4 nitrogen and oxygen atoms in total. The third-order valence-corrected chi connectivity index (χ3v) is 3.59. The minimum atomic E-state index is 0.271. The van der Waals surface area contributed by atoms with Crippen LogP contribution in [0.5, 0.6) is 5.75 Å². The van der Waals surface area contributed by atoms with E-state index in [9.17, 15) is 0 Å². The highest BCUT2D eigenvalue weighted by atomic mass is 32.1. The summed E-state index contributed by atoms with van der Waals surface area (Å²) in [5, 5.41) is 14.9. The fourth-order valence-electron chi connectivity index (χ4n) is 1.75. The first-order valence-electron chi connectivity index (χ1n) is 5.98. The van der Waals surface area contributed by atoms with Crippen LogP contribution >= 0.6 is 11.3 Å². The van der Waals surface area contributed by atoms with Crippen LogP contribution in [0.1, 0.15) is 11.3 Å². The molecular weight excluding hydrogens is 272 g/mol. The van der Waals surface area contributed by atoms with E-state index in [0.717, 1.165) is 10.6 Å². The van der Waals surface area contributed by atoms with Gasteiger partial charge in [-0.2, -0.15) is 5.26 Å². The van der Waals surface area contributed by atoms with Gasteiger partial charge in [0.05, 0.1) is 10.4 Å². The summed E-state index contributed by atoms with van der Waals surface area (Å²) in [6.45, 7) is 0.271. The van der Waals surface area contributed by atoms with E-state index in [2.05, 4.69) is 11.2 Å². The molecule has 0 fully saturated rings. The Kier molecular flexibility index (Phi) is 3.48. The Morgan fingerprint density at radius 1 is 1.25 bits per heavy atom. The normalized spacial score (nSPS) is 10.2. The van der Waals surface area contributed by atoms with Crippen LogP contribution in [-0.4, -0.2) is 5.16 Å². The van der Waals surface area contributed by atoms with Gasteiger partial charge in [0, 0.05) is 6.07 Å². The van der Waals surface area contributed by atoms with Crippen molar-refractivity contribution >= 4 is 11.3 Å². The lowest BCUT2D eigenvalue weighted by molar-refractivity contribution is 0.289. The molecule has 0 spiro atoms. The predicted octanol–water partition coefficient (Wildman–Crippen LogP) is 3.85. The molecule has 3 rings (SSSR count). The van der Waals surface area contributed by atoms with Gasteiger partial charge in [-0.3, -0.25) is 0 Å². The Bertz CT molecular complexity index is 741. The molecule has 0 unspecified atom stereocenters. The summed E-state index contributed by atoms with van der Waals surface area (Å²) in [5.41, 5.74) is 1.20. The molecule has 0 saturated carbocycles. The SMILES string of the molecule is N#Cc1ccccc1OCc1cc(-c2cccs2)on1. The number of hydrogen-bond donors (Lipinski definition) is 0. The maximum atomic E-state index is 8.98. The molecule has 0 atom stereocenters. The second kappa shape index (κ2) is 5.59. The van der Waals surface area contributed by atoms with Gasteiger partial charge in [0.2, 0.25) is 0 Å². The van der Waals surface area contributed by atoms with E-state index < -0.39 is 0 Å². The number of thiophene rings is 1. The number of hydrogen-bond acceptors (Lipinski definition) is 5. The number of rotatable bonds is 4. The highest BCUT2D eigenvalue weighted by Crippen LogP contribution is 2.25. The molecule has 3 aromatic rings. The second-order valence-corrected chi connectivity index (χ2v) is 5.00. The van der Waals surface area contributed by atoms with Gasteiger partial charge in [0.25, 0.3) is 0 Å². The lowest BCUT2D eigenvalue weighted by Gasteiger charge is -2.04. The van der Waals surface area contributed by atoms with Crippen LogP contribution in [0, 0.1) is 11.3 Å². The summed E-state index contributed by atoms with van der Waals surface area (Å²) in [6.07, 6.45) is 0. The van der Waals surface area contributed by atoms with Gasteiger partial charge in [-0.05, 0) is 23.6 Å². The van der Waals surface area contributed by atoms with Crippen molar-refractivity contribution in [1.29, 1.82) is 5.26 Å². The van der Waals surface area contributed by atoms with Gasteiger partial charge in [0.1, 0.15) is 24.1 Å². The molecule has 0 N–H and O–H groups in total. The van der Waals surface area contributed by atoms with E-state index in [1.165, 1.54) is 0 Å². The van der Waals surface area contributed by atoms with Crippen LogP contribution in [0.2, 0.25) is 0 Å². The van der Waals surface area contributed by atoms with E-state index >= 15 is 0 Å². The Morgan fingerprint density at radius 3 is 2.95 bits per heavy atom. The van der Waals surface area contributed by atoms with Gasteiger partial charge in [-0.25, -0.2) is 0 Å². The number of nitriles is 1. The number of benzene rings is 1.